The second-order valence-corrected chi connectivity index (χ2v) is 10.2. The van der Waals surface area contributed by atoms with Gasteiger partial charge in [-0.25, -0.2) is 0 Å². The highest BCUT2D eigenvalue weighted by Crippen LogP contribution is 2.34. The van der Waals surface area contributed by atoms with Crippen molar-refractivity contribution in [1.29, 1.82) is 0 Å². The molecule has 1 atom stereocenters. The fourth-order valence-corrected chi connectivity index (χ4v) is 5.43. The number of carbonyl (C=O) groups is 1. The van der Waals surface area contributed by atoms with E-state index in [0.29, 0.717) is 23.7 Å². The molecule has 10 nitrogen and oxygen atoms in total. The number of pyridine rings is 3. The molecule has 0 saturated carbocycles. The zero-order valence-corrected chi connectivity index (χ0v) is 22.6. The van der Waals surface area contributed by atoms with Crippen LogP contribution in [0, 0.1) is 6.92 Å². The number of ether oxygens (including phenoxy) is 1. The lowest BCUT2D eigenvalue weighted by Gasteiger charge is -2.38. The van der Waals surface area contributed by atoms with Gasteiger partial charge >= 0.3 is 6.18 Å². The van der Waals surface area contributed by atoms with Gasteiger partial charge in [0.2, 0.25) is 0 Å². The van der Waals surface area contributed by atoms with Crippen molar-refractivity contribution in [3.05, 3.63) is 72.2 Å². The molecule has 0 spiro atoms. The van der Waals surface area contributed by atoms with Gasteiger partial charge in [0, 0.05) is 57.8 Å². The van der Waals surface area contributed by atoms with Crippen LogP contribution in [0.25, 0.3) is 16.9 Å². The van der Waals surface area contributed by atoms with E-state index in [2.05, 4.69) is 40.8 Å². The molecule has 0 aromatic carbocycles. The van der Waals surface area contributed by atoms with Crippen molar-refractivity contribution in [3.8, 4) is 16.9 Å². The Morgan fingerprint density at radius 1 is 1.10 bits per heavy atom. The van der Waals surface area contributed by atoms with Crippen molar-refractivity contribution in [1.82, 2.24) is 29.2 Å². The molecule has 0 aliphatic carbocycles. The second-order valence-electron chi connectivity index (χ2n) is 10.2. The molecular formula is C28H29F3N8O2. The maximum absolute atomic E-state index is 13.1. The van der Waals surface area contributed by atoms with E-state index in [9.17, 15) is 18.0 Å². The Kier molecular flexibility index (Phi) is 6.99. The van der Waals surface area contributed by atoms with Crippen molar-refractivity contribution >= 4 is 17.3 Å². The predicted octanol–water partition coefficient (Wildman–Crippen LogP) is 4.03. The fraction of sp³-hybridized carbons (Fsp3) is 0.357. The van der Waals surface area contributed by atoms with Crippen molar-refractivity contribution < 1.29 is 22.7 Å². The van der Waals surface area contributed by atoms with Crippen molar-refractivity contribution in [2.24, 2.45) is 0 Å². The maximum Gasteiger partial charge on any atom is 0.416 e. The number of hydrogen-bond acceptors (Lipinski definition) is 7. The van der Waals surface area contributed by atoms with Crippen molar-refractivity contribution in [3.63, 3.8) is 0 Å². The average molecular weight is 567 g/mol. The van der Waals surface area contributed by atoms with Gasteiger partial charge in [-0.05, 0) is 31.2 Å². The van der Waals surface area contributed by atoms with Gasteiger partial charge in [0.1, 0.15) is 5.69 Å². The molecule has 4 aromatic heterocycles. The van der Waals surface area contributed by atoms with E-state index in [4.69, 9.17) is 4.74 Å². The van der Waals surface area contributed by atoms with Crippen LogP contribution in [0.15, 0.2) is 55.2 Å². The summed E-state index contributed by atoms with van der Waals surface area (Å²) in [6, 6.07) is 5.43. The zero-order valence-electron chi connectivity index (χ0n) is 22.6. The molecule has 41 heavy (non-hydrogen) atoms. The minimum Gasteiger partial charge on any atom is -0.382 e. The normalized spacial score (nSPS) is 18.6. The van der Waals surface area contributed by atoms with Gasteiger partial charge in [0.05, 0.1) is 65.3 Å². The maximum atomic E-state index is 13.1. The Labute approximate surface area is 234 Å². The third-order valence-electron chi connectivity index (χ3n) is 7.54. The fourth-order valence-electron chi connectivity index (χ4n) is 5.43. The highest BCUT2D eigenvalue weighted by atomic mass is 19.4. The molecule has 7 rings (SSSR count). The minimum absolute atomic E-state index is 0.0275. The molecule has 1 fully saturated rings. The lowest BCUT2D eigenvalue weighted by Crippen LogP contribution is -2.48. The summed E-state index contributed by atoms with van der Waals surface area (Å²) >= 11 is 0. The number of fused-ring (bicyclic) bond motifs is 3. The number of hydrogen-bond donors (Lipinski definition) is 1. The molecule has 13 heteroatoms. The highest BCUT2D eigenvalue weighted by Gasteiger charge is 2.32. The number of anilines is 2. The highest BCUT2D eigenvalue weighted by molar-refractivity contribution is 6.03. The molecular weight excluding hydrogens is 537 g/mol. The van der Waals surface area contributed by atoms with Gasteiger partial charge in [0.15, 0.2) is 0 Å². The van der Waals surface area contributed by atoms with Gasteiger partial charge < -0.3 is 15.0 Å². The van der Waals surface area contributed by atoms with Crippen LogP contribution in [-0.4, -0.2) is 81.6 Å². The van der Waals surface area contributed by atoms with Crippen molar-refractivity contribution in [2.45, 2.75) is 19.1 Å². The first-order valence-corrected chi connectivity index (χ1v) is 13.2. The first-order chi connectivity index (χ1) is 19.7. The first kappa shape index (κ1) is 27.0. The number of aromatic nitrogens is 5. The SMILES string of the molecule is COCC1CN2CCN(CC2)c2cncc(c2)-c2cn(-c3cc(NC(=O)c4cc(C(F)(F)F)ccn4)cnc3C)n21. The molecule has 4 bridgehead atoms. The lowest BCUT2D eigenvalue weighted by molar-refractivity contribution is -0.137. The molecule has 214 valence electrons. The third kappa shape index (κ3) is 5.30. The molecule has 1 N–H and O–H groups in total. The predicted molar refractivity (Wildman–Crippen MR) is 146 cm³/mol. The molecule has 7 heterocycles. The van der Waals surface area contributed by atoms with E-state index in [1.54, 1.807) is 13.2 Å². The number of carbonyl (C=O) groups excluding carboxylic acids is 1. The van der Waals surface area contributed by atoms with Crippen LogP contribution < -0.4 is 10.2 Å². The van der Waals surface area contributed by atoms with Crippen LogP contribution in [0.1, 0.15) is 27.8 Å². The summed E-state index contributed by atoms with van der Waals surface area (Å²) in [6.45, 7) is 6.79. The van der Waals surface area contributed by atoms with E-state index in [0.717, 1.165) is 68.0 Å². The summed E-state index contributed by atoms with van der Waals surface area (Å²) in [6.07, 6.45) is 3.60. The number of alkyl halides is 3. The van der Waals surface area contributed by atoms with Gasteiger partial charge in [-0.3, -0.25) is 34.0 Å². The standard InChI is InChI=1S/C28H29F3N8O2/c1-18-25(11-21(13-34-18)35-27(40)24-10-20(3-4-33-24)28(29,30)31)38-16-26-19-9-22(14-32-12-19)37-7-5-36(6-8-37)15-23(17-41-2)39(26)38/h3-4,9-14,16,23H,5-8,15,17H2,1-2H3,(H,35,40). The Bertz CT molecular complexity index is 1570. The summed E-state index contributed by atoms with van der Waals surface area (Å²) < 4.78 is 49.3. The molecule has 3 aliphatic rings. The lowest BCUT2D eigenvalue weighted by atomic mass is 10.1. The monoisotopic (exact) mass is 566 g/mol. The van der Waals surface area contributed by atoms with E-state index >= 15 is 0 Å². The van der Waals surface area contributed by atoms with Crippen LogP contribution in [0.4, 0.5) is 24.5 Å². The summed E-state index contributed by atoms with van der Waals surface area (Å²) in [4.78, 5) is 30.4. The molecule has 1 unspecified atom stereocenters. The molecule has 0 radical (unpaired) electrons. The van der Waals surface area contributed by atoms with Crippen LogP contribution >= 0.6 is 0 Å². The Hall–Kier alpha value is -4.23. The molecule has 1 amide bonds. The number of nitrogens with zero attached hydrogens (tertiary/aromatic N) is 7. The van der Waals surface area contributed by atoms with E-state index in [1.165, 1.54) is 6.20 Å². The Balaban J connectivity index is 1.37. The van der Waals surface area contributed by atoms with Gasteiger partial charge in [0.25, 0.3) is 5.91 Å². The Morgan fingerprint density at radius 3 is 2.66 bits per heavy atom. The van der Waals surface area contributed by atoms with Crippen LogP contribution in [0.5, 0.6) is 0 Å². The van der Waals surface area contributed by atoms with Gasteiger partial charge in [-0.2, -0.15) is 13.2 Å². The number of amides is 1. The second kappa shape index (κ2) is 10.6. The number of methoxy groups -OCH3 is 1. The summed E-state index contributed by atoms with van der Waals surface area (Å²) in [7, 11) is 1.68. The Morgan fingerprint density at radius 2 is 1.90 bits per heavy atom. The smallest absolute Gasteiger partial charge is 0.382 e. The van der Waals surface area contributed by atoms with Crippen LogP contribution in [-0.2, 0) is 10.9 Å². The summed E-state index contributed by atoms with van der Waals surface area (Å²) in [5.74, 6) is -0.762. The first-order valence-electron chi connectivity index (χ1n) is 13.2. The quantitative estimate of drug-likeness (QED) is 0.390. The molecule has 3 aliphatic heterocycles. The number of piperazine rings is 1. The van der Waals surface area contributed by atoms with Gasteiger partial charge in [-0.15, -0.1) is 0 Å². The topological polar surface area (TPSA) is 93.3 Å². The number of rotatable bonds is 5. The van der Waals surface area contributed by atoms with E-state index in [1.807, 2.05) is 30.2 Å². The molecule has 1 saturated heterocycles. The number of aryl methyl sites for hydroxylation is 1. The number of halogens is 3. The number of nitrogens with one attached hydrogen (secondary N) is 1. The van der Waals surface area contributed by atoms with E-state index < -0.39 is 17.6 Å². The minimum atomic E-state index is -4.58. The van der Waals surface area contributed by atoms with Gasteiger partial charge in [-0.1, -0.05) is 0 Å². The average Bonchev–Trinajstić information content (AvgIpc) is 2.96. The van der Waals surface area contributed by atoms with E-state index in [-0.39, 0.29) is 11.7 Å². The van der Waals surface area contributed by atoms with Crippen LogP contribution in [0.3, 0.4) is 0 Å². The summed E-state index contributed by atoms with van der Waals surface area (Å²) in [5, 5.41) is 2.65. The van der Waals surface area contributed by atoms with Crippen molar-refractivity contribution in [2.75, 3.05) is 56.7 Å². The van der Waals surface area contributed by atoms with Crippen LogP contribution in [0.2, 0.25) is 0 Å². The zero-order chi connectivity index (χ0) is 28.7. The summed E-state index contributed by atoms with van der Waals surface area (Å²) in [5.41, 5.74) is 3.51. The third-order valence-corrected chi connectivity index (χ3v) is 7.54. The molecule has 4 aromatic rings. The largest absolute Gasteiger partial charge is 0.416 e.